The van der Waals surface area contributed by atoms with Crippen LogP contribution in [0.5, 0.6) is 0 Å². The smallest absolute Gasteiger partial charge is 0.101 e. The molecule has 3 aromatic carbocycles. The number of nitrogens with zero attached hydrogens (tertiary/aromatic N) is 2. The molecule has 1 aliphatic rings. The molecule has 3 aromatic rings. The van der Waals surface area contributed by atoms with Crippen molar-refractivity contribution < 1.29 is 0 Å². The van der Waals surface area contributed by atoms with E-state index in [-0.39, 0.29) is 0 Å². The molecule has 0 fully saturated rings. The van der Waals surface area contributed by atoms with Crippen LogP contribution < -0.4 is 0 Å². The number of fused-ring (bicyclic) bond motifs is 3. The fourth-order valence-electron chi connectivity index (χ4n) is 3.35. The number of benzene rings is 3. The SMILES string of the molecule is CC(/C=N/N=C1c2ccccc2-c2ccccc21)Cc1ccccc1. The quantitative estimate of drug-likeness (QED) is 0.356. The Morgan fingerprint density at radius 3 is 1.84 bits per heavy atom. The fourth-order valence-corrected chi connectivity index (χ4v) is 3.35. The molecule has 2 heteroatoms. The van der Waals surface area contributed by atoms with Crippen LogP contribution in [-0.2, 0) is 6.42 Å². The first kappa shape index (κ1) is 15.5. The predicted molar refractivity (Wildman–Crippen MR) is 105 cm³/mol. The summed E-state index contributed by atoms with van der Waals surface area (Å²) in [5, 5.41) is 8.98. The zero-order chi connectivity index (χ0) is 17.1. The van der Waals surface area contributed by atoms with E-state index in [1.165, 1.54) is 16.7 Å². The molecule has 1 aliphatic carbocycles. The maximum Gasteiger partial charge on any atom is 0.101 e. The lowest BCUT2D eigenvalue weighted by atomic mass is 10.0. The van der Waals surface area contributed by atoms with Crippen LogP contribution in [0, 0.1) is 5.92 Å². The zero-order valence-corrected chi connectivity index (χ0v) is 14.3. The van der Waals surface area contributed by atoms with E-state index in [0.717, 1.165) is 23.3 Å². The van der Waals surface area contributed by atoms with Crippen molar-refractivity contribution in [3.63, 3.8) is 0 Å². The van der Waals surface area contributed by atoms with Gasteiger partial charge in [-0.25, -0.2) is 0 Å². The first-order valence-electron chi connectivity index (χ1n) is 8.67. The molecule has 0 heterocycles. The second-order valence-electron chi connectivity index (χ2n) is 6.47. The Labute approximate surface area is 148 Å². The molecular formula is C23H20N2. The van der Waals surface area contributed by atoms with E-state index in [0.29, 0.717) is 5.92 Å². The minimum absolute atomic E-state index is 0.346. The second-order valence-corrected chi connectivity index (χ2v) is 6.47. The van der Waals surface area contributed by atoms with Gasteiger partial charge in [0.05, 0.1) is 0 Å². The highest BCUT2D eigenvalue weighted by Gasteiger charge is 2.23. The van der Waals surface area contributed by atoms with Crippen molar-refractivity contribution >= 4 is 11.9 Å². The van der Waals surface area contributed by atoms with Gasteiger partial charge in [-0.1, -0.05) is 85.8 Å². The third-order valence-electron chi connectivity index (χ3n) is 4.53. The van der Waals surface area contributed by atoms with E-state index in [1.54, 1.807) is 0 Å². The van der Waals surface area contributed by atoms with Gasteiger partial charge in [-0.15, -0.1) is 0 Å². The van der Waals surface area contributed by atoms with Crippen molar-refractivity contribution in [2.45, 2.75) is 13.3 Å². The molecule has 0 aliphatic heterocycles. The van der Waals surface area contributed by atoms with Gasteiger partial charge < -0.3 is 0 Å². The average Bonchev–Trinajstić information content (AvgIpc) is 2.97. The van der Waals surface area contributed by atoms with Crippen LogP contribution in [0.4, 0.5) is 0 Å². The van der Waals surface area contributed by atoms with Crippen LogP contribution in [0.2, 0.25) is 0 Å². The molecule has 4 rings (SSSR count). The highest BCUT2D eigenvalue weighted by Crippen LogP contribution is 2.36. The Morgan fingerprint density at radius 2 is 1.24 bits per heavy atom. The van der Waals surface area contributed by atoms with E-state index in [9.17, 15) is 0 Å². The maximum atomic E-state index is 4.57. The maximum absolute atomic E-state index is 4.57. The average molecular weight is 324 g/mol. The molecule has 0 N–H and O–H groups in total. The molecule has 0 spiro atoms. The summed E-state index contributed by atoms with van der Waals surface area (Å²) < 4.78 is 0. The molecule has 0 bridgehead atoms. The molecule has 1 atom stereocenters. The largest absolute Gasteiger partial charge is 0.163 e. The normalized spacial score (nSPS) is 13.6. The third kappa shape index (κ3) is 3.16. The van der Waals surface area contributed by atoms with Crippen molar-refractivity contribution in [2.24, 2.45) is 16.1 Å². The van der Waals surface area contributed by atoms with E-state index in [1.807, 2.05) is 12.3 Å². The molecular weight excluding hydrogens is 304 g/mol. The van der Waals surface area contributed by atoms with Gasteiger partial charge in [-0.05, 0) is 29.0 Å². The zero-order valence-electron chi connectivity index (χ0n) is 14.3. The Balaban J connectivity index is 1.59. The molecule has 0 saturated heterocycles. The molecule has 0 aromatic heterocycles. The van der Waals surface area contributed by atoms with E-state index in [2.05, 4.69) is 89.9 Å². The summed E-state index contributed by atoms with van der Waals surface area (Å²) in [7, 11) is 0. The lowest BCUT2D eigenvalue weighted by Crippen LogP contribution is -2.01. The minimum atomic E-state index is 0.346. The summed E-state index contributed by atoms with van der Waals surface area (Å²) in [6.45, 7) is 2.17. The van der Waals surface area contributed by atoms with Gasteiger partial charge in [0, 0.05) is 17.3 Å². The summed E-state index contributed by atoms with van der Waals surface area (Å²) in [6.07, 6.45) is 2.92. The van der Waals surface area contributed by atoms with E-state index in [4.69, 9.17) is 0 Å². The molecule has 122 valence electrons. The lowest BCUT2D eigenvalue weighted by molar-refractivity contribution is 0.780. The van der Waals surface area contributed by atoms with E-state index < -0.39 is 0 Å². The first-order chi connectivity index (χ1) is 12.3. The van der Waals surface area contributed by atoms with Crippen LogP contribution in [-0.4, -0.2) is 11.9 Å². The van der Waals surface area contributed by atoms with Crippen molar-refractivity contribution in [1.29, 1.82) is 0 Å². The highest BCUT2D eigenvalue weighted by atomic mass is 15.2. The molecule has 0 radical (unpaired) electrons. The molecule has 0 amide bonds. The summed E-state index contributed by atoms with van der Waals surface area (Å²) in [6, 6.07) is 27.3. The second kappa shape index (κ2) is 6.86. The van der Waals surface area contributed by atoms with Gasteiger partial charge in [-0.2, -0.15) is 10.2 Å². The van der Waals surface area contributed by atoms with Gasteiger partial charge in [-0.3, -0.25) is 0 Å². The predicted octanol–water partition coefficient (Wildman–Crippen LogP) is 5.37. The molecule has 1 unspecified atom stereocenters. The molecule has 25 heavy (non-hydrogen) atoms. The van der Waals surface area contributed by atoms with Crippen molar-refractivity contribution in [1.82, 2.24) is 0 Å². The summed E-state index contributed by atoms with van der Waals surface area (Å²) in [5.74, 6) is 0.346. The Kier molecular flexibility index (Phi) is 4.26. The Morgan fingerprint density at radius 1 is 0.720 bits per heavy atom. The monoisotopic (exact) mass is 324 g/mol. The minimum Gasteiger partial charge on any atom is -0.163 e. The number of hydrogen-bond acceptors (Lipinski definition) is 2. The lowest BCUT2D eigenvalue weighted by Gasteiger charge is -2.04. The van der Waals surface area contributed by atoms with Crippen molar-refractivity contribution in [3.05, 3.63) is 95.6 Å². The first-order valence-corrected chi connectivity index (χ1v) is 8.67. The number of rotatable bonds is 4. The van der Waals surface area contributed by atoms with Crippen molar-refractivity contribution in [3.8, 4) is 11.1 Å². The third-order valence-corrected chi connectivity index (χ3v) is 4.53. The molecule has 0 saturated carbocycles. The topological polar surface area (TPSA) is 24.7 Å². The summed E-state index contributed by atoms with van der Waals surface area (Å²) >= 11 is 0. The van der Waals surface area contributed by atoms with Crippen LogP contribution in [0.15, 0.2) is 89.1 Å². The van der Waals surface area contributed by atoms with Gasteiger partial charge in [0.1, 0.15) is 5.71 Å². The van der Waals surface area contributed by atoms with Gasteiger partial charge in [0.15, 0.2) is 0 Å². The molecule has 2 nitrogen and oxygen atoms in total. The van der Waals surface area contributed by atoms with Gasteiger partial charge in [0.25, 0.3) is 0 Å². The van der Waals surface area contributed by atoms with Crippen molar-refractivity contribution in [2.75, 3.05) is 0 Å². The van der Waals surface area contributed by atoms with Crippen LogP contribution in [0.3, 0.4) is 0 Å². The Hall–Kier alpha value is -3.00. The number of hydrogen-bond donors (Lipinski definition) is 0. The van der Waals surface area contributed by atoms with E-state index >= 15 is 0 Å². The summed E-state index contributed by atoms with van der Waals surface area (Å²) in [4.78, 5) is 0. The van der Waals surface area contributed by atoms with Crippen LogP contribution in [0.1, 0.15) is 23.6 Å². The van der Waals surface area contributed by atoms with Crippen LogP contribution in [0.25, 0.3) is 11.1 Å². The van der Waals surface area contributed by atoms with Gasteiger partial charge >= 0.3 is 0 Å². The Bertz CT molecular complexity index is 892. The fraction of sp³-hybridized carbons (Fsp3) is 0.130. The summed E-state index contributed by atoms with van der Waals surface area (Å²) in [5.41, 5.74) is 7.10. The standard InChI is InChI=1S/C23H20N2/c1-17(15-18-9-3-2-4-10-18)16-24-25-23-21-13-7-5-11-19(21)20-12-6-8-14-22(20)23/h2-14,16-17H,15H2,1H3/b24-16+. The van der Waals surface area contributed by atoms with Gasteiger partial charge in [0.2, 0.25) is 0 Å². The highest BCUT2D eigenvalue weighted by molar-refractivity contribution is 6.24. The van der Waals surface area contributed by atoms with Crippen LogP contribution >= 0.6 is 0 Å².